The van der Waals surface area contributed by atoms with E-state index >= 15 is 0 Å². The van der Waals surface area contributed by atoms with Gasteiger partial charge < -0.3 is 5.11 Å². The fourth-order valence-corrected chi connectivity index (χ4v) is 1.28. The van der Waals surface area contributed by atoms with Crippen LogP contribution in [0.2, 0.25) is 0 Å². The number of carboxylic acids is 1. The first-order valence-corrected chi connectivity index (χ1v) is 5.32. The molecule has 0 aromatic rings. The van der Waals surface area contributed by atoms with Gasteiger partial charge in [0.2, 0.25) is 0 Å². The van der Waals surface area contributed by atoms with E-state index in [0.717, 1.165) is 6.42 Å². The van der Waals surface area contributed by atoms with Gasteiger partial charge in [-0.1, -0.05) is 46.0 Å². The van der Waals surface area contributed by atoms with Crippen molar-refractivity contribution in [3.05, 3.63) is 0 Å². The molecule has 80 valence electrons. The maximum absolute atomic E-state index is 10.2. The zero-order chi connectivity index (χ0) is 11.0. The predicted octanol–water partition coefficient (Wildman–Crippen LogP) is 2.93. The van der Waals surface area contributed by atoms with Crippen molar-refractivity contribution in [1.29, 1.82) is 0 Å². The fourth-order valence-electron chi connectivity index (χ4n) is 1.28. The Bertz CT molecular complexity index is 222. The second-order valence-corrected chi connectivity index (χ2v) is 3.84. The van der Waals surface area contributed by atoms with E-state index in [2.05, 4.69) is 25.7 Å². The monoisotopic (exact) mass is 196 g/mol. The molecule has 2 atom stereocenters. The number of carbonyl (C=O) groups is 1. The summed E-state index contributed by atoms with van der Waals surface area (Å²) in [5.41, 5.74) is 0. The van der Waals surface area contributed by atoms with Crippen LogP contribution in [0.25, 0.3) is 0 Å². The van der Waals surface area contributed by atoms with Crippen LogP contribution in [0.3, 0.4) is 0 Å². The average molecular weight is 196 g/mol. The summed E-state index contributed by atoms with van der Waals surface area (Å²) in [6.45, 7) is 6.31. The Kier molecular flexibility index (Phi) is 6.92. The molecule has 2 nitrogen and oxygen atoms in total. The van der Waals surface area contributed by atoms with Crippen LogP contribution in [0.1, 0.15) is 46.5 Å². The lowest BCUT2D eigenvalue weighted by molar-refractivity contribution is -0.130. The van der Waals surface area contributed by atoms with Crippen LogP contribution < -0.4 is 0 Å². The van der Waals surface area contributed by atoms with Crippen LogP contribution in [-0.4, -0.2) is 11.1 Å². The Morgan fingerprint density at radius 3 is 2.50 bits per heavy atom. The van der Waals surface area contributed by atoms with Gasteiger partial charge in [0.1, 0.15) is 0 Å². The van der Waals surface area contributed by atoms with Gasteiger partial charge in [-0.2, -0.15) is 0 Å². The molecule has 2 unspecified atom stereocenters. The van der Waals surface area contributed by atoms with Crippen molar-refractivity contribution in [2.24, 2.45) is 11.8 Å². The molecule has 0 aromatic carbocycles. The molecule has 0 bridgehead atoms. The number of rotatable bonds is 5. The molecule has 0 aromatic heterocycles. The van der Waals surface area contributed by atoms with Gasteiger partial charge >= 0.3 is 5.97 Å². The highest BCUT2D eigenvalue weighted by Gasteiger charge is 2.08. The lowest BCUT2D eigenvalue weighted by atomic mass is 9.91. The van der Waals surface area contributed by atoms with Crippen molar-refractivity contribution in [3.8, 4) is 11.8 Å². The van der Waals surface area contributed by atoms with E-state index in [9.17, 15) is 4.79 Å². The van der Waals surface area contributed by atoms with Gasteiger partial charge in [-0.3, -0.25) is 0 Å². The molecule has 0 saturated carbocycles. The second-order valence-electron chi connectivity index (χ2n) is 3.84. The molecular weight excluding hydrogens is 176 g/mol. The molecule has 0 aliphatic carbocycles. The van der Waals surface area contributed by atoms with Gasteiger partial charge in [0.05, 0.1) is 0 Å². The normalized spacial score (nSPS) is 13.9. The summed E-state index contributed by atoms with van der Waals surface area (Å²) in [6.07, 6.45) is 4.84. The van der Waals surface area contributed by atoms with Crippen LogP contribution in [0.5, 0.6) is 0 Å². The number of carboxylic acid groups (broad SMARTS) is 1. The molecular formula is C12H20O2. The standard InChI is InChI=1S/C12H20O2/c1-4-5-6-7-10(2)11(3)8-9-12(13)14/h10-11H,4-7H2,1-3H3,(H,13,14). The van der Waals surface area contributed by atoms with E-state index < -0.39 is 5.97 Å². The van der Waals surface area contributed by atoms with Gasteiger partial charge in [-0.15, -0.1) is 0 Å². The first kappa shape index (κ1) is 13.0. The van der Waals surface area contributed by atoms with Gasteiger partial charge in [-0.25, -0.2) is 4.79 Å². The minimum absolute atomic E-state index is 0.183. The fraction of sp³-hybridized carbons (Fsp3) is 0.750. The van der Waals surface area contributed by atoms with Gasteiger partial charge in [0.25, 0.3) is 0 Å². The van der Waals surface area contributed by atoms with Crippen molar-refractivity contribution in [1.82, 2.24) is 0 Å². The first-order valence-electron chi connectivity index (χ1n) is 5.32. The molecule has 0 rings (SSSR count). The zero-order valence-electron chi connectivity index (χ0n) is 9.34. The molecule has 0 saturated heterocycles. The third-order valence-corrected chi connectivity index (χ3v) is 2.52. The molecule has 0 aliphatic rings. The van der Waals surface area contributed by atoms with Crippen molar-refractivity contribution in [2.75, 3.05) is 0 Å². The lowest BCUT2D eigenvalue weighted by Gasteiger charge is -2.13. The summed E-state index contributed by atoms with van der Waals surface area (Å²) in [5, 5.41) is 8.38. The summed E-state index contributed by atoms with van der Waals surface area (Å²) >= 11 is 0. The molecule has 0 amide bonds. The molecule has 0 aliphatic heterocycles. The SMILES string of the molecule is CCCCCC(C)C(C)C#CC(=O)O. The summed E-state index contributed by atoms with van der Waals surface area (Å²) in [7, 11) is 0. The number of hydrogen-bond donors (Lipinski definition) is 1. The Morgan fingerprint density at radius 1 is 1.36 bits per heavy atom. The first-order chi connectivity index (χ1) is 6.57. The van der Waals surface area contributed by atoms with Gasteiger partial charge in [0.15, 0.2) is 0 Å². The zero-order valence-corrected chi connectivity index (χ0v) is 9.34. The highest BCUT2D eigenvalue weighted by molar-refractivity contribution is 5.86. The minimum Gasteiger partial charge on any atom is -0.472 e. The summed E-state index contributed by atoms with van der Waals surface area (Å²) < 4.78 is 0. The Balaban J connectivity index is 3.83. The Hall–Kier alpha value is -0.970. The molecule has 0 spiro atoms. The molecule has 2 heteroatoms. The van der Waals surface area contributed by atoms with Crippen LogP contribution in [0.4, 0.5) is 0 Å². The topological polar surface area (TPSA) is 37.3 Å². The number of hydrogen-bond acceptors (Lipinski definition) is 1. The third kappa shape index (κ3) is 6.54. The highest BCUT2D eigenvalue weighted by atomic mass is 16.4. The highest BCUT2D eigenvalue weighted by Crippen LogP contribution is 2.17. The largest absolute Gasteiger partial charge is 0.472 e. The van der Waals surface area contributed by atoms with Crippen molar-refractivity contribution in [2.45, 2.75) is 46.5 Å². The van der Waals surface area contributed by atoms with Crippen LogP contribution >= 0.6 is 0 Å². The molecule has 0 heterocycles. The molecule has 14 heavy (non-hydrogen) atoms. The lowest BCUT2D eigenvalue weighted by Crippen LogP contribution is -2.06. The summed E-state index contributed by atoms with van der Waals surface area (Å²) in [6, 6.07) is 0. The van der Waals surface area contributed by atoms with Crippen molar-refractivity contribution in [3.63, 3.8) is 0 Å². The van der Waals surface area contributed by atoms with Crippen molar-refractivity contribution >= 4 is 5.97 Å². The van der Waals surface area contributed by atoms with Crippen LogP contribution in [0, 0.1) is 23.7 Å². The maximum Gasteiger partial charge on any atom is 0.381 e. The Morgan fingerprint density at radius 2 is 2.00 bits per heavy atom. The minimum atomic E-state index is -1.03. The smallest absolute Gasteiger partial charge is 0.381 e. The van der Waals surface area contributed by atoms with E-state index in [1.54, 1.807) is 0 Å². The predicted molar refractivity (Wildman–Crippen MR) is 57.9 cm³/mol. The summed E-state index contributed by atoms with van der Waals surface area (Å²) in [4.78, 5) is 10.2. The molecule has 1 N–H and O–H groups in total. The third-order valence-electron chi connectivity index (χ3n) is 2.52. The Labute approximate surface area is 86.7 Å². The van der Waals surface area contributed by atoms with E-state index in [-0.39, 0.29) is 5.92 Å². The van der Waals surface area contributed by atoms with Crippen molar-refractivity contribution < 1.29 is 9.90 Å². The van der Waals surface area contributed by atoms with E-state index in [1.165, 1.54) is 19.3 Å². The van der Waals surface area contributed by atoms with Gasteiger partial charge in [0, 0.05) is 11.8 Å². The van der Waals surface area contributed by atoms with Crippen LogP contribution in [0.15, 0.2) is 0 Å². The van der Waals surface area contributed by atoms with E-state index in [4.69, 9.17) is 5.11 Å². The maximum atomic E-state index is 10.2. The van der Waals surface area contributed by atoms with Crippen LogP contribution in [-0.2, 0) is 4.79 Å². The van der Waals surface area contributed by atoms with E-state index in [0.29, 0.717) is 5.92 Å². The molecule has 0 radical (unpaired) electrons. The number of unbranched alkanes of at least 4 members (excludes halogenated alkanes) is 2. The average Bonchev–Trinajstić information content (AvgIpc) is 2.14. The summed E-state index contributed by atoms with van der Waals surface area (Å²) in [5.74, 6) is 4.59. The molecule has 0 fully saturated rings. The van der Waals surface area contributed by atoms with E-state index in [1.807, 2.05) is 6.92 Å². The second kappa shape index (κ2) is 7.44. The number of aliphatic carboxylic acids is 1. The van der Waals surface area contributed by atoms with Gasteiger partial charge in [-0.05, 0) is 12.3 Å². The quantitative estimate of drug-likeness (QED) is 0.542.